The van der Waals surface area contributed by atoms with Crippen LogP contribution < -0.4 is 11.1 Å². The Kier molecular flexibility index (Phi) is 5.23. The summed E-state index contributed by atoms with van der Waals surface area (Å²) in [7, 11) is 0. The van der Waals surface area contributed by atoms with Crippen LogP contribution >= 0.6 is 0 Å². The fourth-order valence-corrected chi connectivity index (χ4v) is 3.58. The number of hydrogen-bond acceptors (Lipinski definition) is 3. The predicted octanol–water partition coefficient (Wildman–Crippen LogP) is 2.61. The van der Waals surface area contributed by atoms with Crippen molar-refractivity contribution in [3.05, 3.63) is 64.7 Å². The van der Waals surface area contributed by atoms with E-state index < -0.39 is 5.91 Å². The normalized spacial score (nSPS) is 15.4. The van der Waals surface area contributed by atoms with Crippen molar-refractivity contribution in [1.29, 1.82) is 0 Å². The summed E-state index contributed by atoms with van der Waals surface area (Å²) in [6.07, 6.45) is 1.76. The lowest BCUT2D eigenvalue weighted by atomic mass is 10.1. The molecule has 2 aromatic carbocycles. The molecular weight excluding hydrogens is 330 g/mol. The van der Waals surface area contributed by atoms with E-state index in [0.29, 0.717) is 16.8 Å². The third-order valence-corrected chi connectivity index (χ3v) is 4.82. The van der Waals surface area contributed by atoms with E-state index >= 15 is 0 Å². The minimum absolute atomic E-state index is 0.0515. The van der Waals surface area contributed by atoms with Crippen LogP contribution in [0.3, 0.4) is 0 Å². The number of benzene rings is 2. The smallest absolute Gasteiger partial charge is 0.322 e. The molecule has 6 nitrogen and oxygen atoms in total. The Balaban J connectivity index is 1.80. The fraction of sp³-hybridized carbons (Fsp3) is 0.300. The summed E-state index contributed by atoms with van der Waals surface area (Å²) in [5.41, 5.74) is 9.42. The molecule has 4 N–H and O–H groups in total. The van der Waals surface area contributed by atoms with Crippen LogP contribution in [0, 0.1) is 6.92 Å². The van der Waals surface area contributed by atoms with Gasteiger partial charge >= 0.3 is 6.03 Å². The lowest BCUT2D eigenvalue weighted by molar-refractivity contribution is 0.0999. The number of nitrogens with zero attached hydrogens (tertiary/aromatic N) is 1. The molecule has 0 aromatic heterocycles. The number of fused-ring (bicyclic) bond motifs is 1. The van der Waals surface area contributed by atoms with Crippen molar-refractivity contribution in [2.24, 2.45) is 5.73 Å². The van der Waals surface area contributed by atoms with Crippen LogP contribution in [0.1, 0.15) is 39.5 Å². The molecule has 2 aromatic rings. The molecule has 1 aliphatic carbocycles. The van der Waals surface area contributed by atoms with Gasteiger partial charge in [-0.1, -0.05) is 24.3 Å². The highest BCUT2D eigenvalue weighted by Crippen LogP contribution is 2.35. The summed E-state index contributed by atoms with van der Waals surface area (Å²) in [6, 6.07) is 12.7. The number of anilines is 1. The molecule has 136 valence electrons. The largest absolute Gasteiger partial charge is 0.395 e. The van der Waals surface area contributed by atoms with Crippen LogP contribution in [-0.4, -0.2) is 35.1 Å². The number of aliphatic hydroxyl groups excluding tert-OH is 1. The monoisotopic (exact) mass is 353 g/mol. The van der Waals surface area contributed by atoms with Gasteiger partial charge in [0.2, 0.25) is 5.91 Å². The third kappa shape index (κ3) is 3.55. The Morgan fingerprint density at radius 2 is 2.04 bits per heavy atom. The van der Waals surface area contributed by atoms with Gasteiger partial charge in [-0.15, -0.1) is 0 Å². The molecule has 0 spiro atoms. The molecule has 0 bridgehead atoms. The maximum atomic E-state index is 12.8. The fourth-order valence-electron chi connectivity index (χ4n) is 3.58. The number of primary amides is 1. The minimum Gasteiger partial charge on any atom is -0.395 e. The molecule has 0 saturated carbocycles. The molecule has 1 aliphatic rings. The van der Waals surface area contributed by atoms with Crippen LogP contribution in [0.25, 0.3) is 0 Å². The molecule has 26 heavy (non-hydrogen) atoms. The van der Waals surface area contributed by atoms with E-state index in [2.05, 4.69) is 11.4 Å². The van der Waals surface area contributed by atoms with Gasteiger partial charge in [-0.25, -0.2) is 4.79 Å². The van der Waals surface area contributed by atoms with E-state index in [1.807, 2.05) is 18.2 Å². The number of nitrogens with one attached hydrogen (secondary N) is 1. The molecule has 0 unspecified atom stereocenters. The Bertz CT molecular complexity index is 835. The highest BCUT2D eigenvalue weighted by atomic mass is 16.3. The molecule has 0 radical (unpaired) electrons. The molecule has 0 saturated heterocycles. The number of nitrogens with two attached hydrogens (primary N) is 1. The van der Waals surface area contributed by atoms with Gasteiger partial charge in [-0.05, 0) is 54.7 Å². The summed E-state index contributed by atoms with van der Waals surface area (Å²) in [5, 5.41) is 12.3. The first-order valence-electron chi connectivity index (χ1n) is 8.68. The lowest BCUT2D eigenvalue weighted by Crippen LogP contribution is -2.39. The van der Waals surface area contributed by atoms with Crippen molar-refractivity contribution in [2.45, 2.75) is 25.8 Å². The Hall–Kier alpha value is -2.86. The summed E-state index contributed by atoms with van der Waals surface area (Å²) in [5.74, 6) is -0.496. The summed E-state index contributed by atoms with van der Waals surface area (Å²) < 4.78 is 0. The average molecular weight is 353 g/mol. The first-order valence-corrected chi connectivity index (χ1v) is 8.68. The number of urea groups is 1. The van der Waals surface area contributed by atoms with Gasteiger partial charge in [-0.3, -0.25) is 4.79 Å². The van der Waals surface area contributed by atoms with Crippen LogP contribution in [0.5, 0.6) is 0 Å². The van der Waals surface area contributed by atoms with Crippen LogP contribution in [0.4, 0.5) is 10.5 Å². The number of hydrogen-bond donors (Lipinski definition) is 3. The highest BCUT2D eigenvalue weighted by Gasteiger charge is 2.30. The Labute approximate surface area is 152 Å². The summed E-state index contributed by atoms with van der Waals surface area (Å²) in [4.78, 5) is 25.8. The van der Waals surface area contributed by atoms with Gasteiger partial charge in [0.15, 0.2) is 0 Å². The summed E-state index contributed by atoms with van der Waals surface area (Å²) in [6.45, 7) is 1.92. The number of aryl methyl sites for hydroxylation is 2. The molecule has 6 heteroatoms. The lowest BCUT2D eigenvalue weighted by Gasteiger charge is -2.29. The van der Waals surface area contributed by atoms with E-state index in [9.17, 15) is 14.7 Å². The Morgan fingerprint density at radius 1 is 1.27 bits per heavy atom. The second-order valence-corrected chi connectivity index (χ2v) is 6.49. The van der Waals surface area contributed by atoms with Gasteiger partial charge in [-0.2, -0.15) is 0 Å². The standard InChI is InChI=1S/C20H23N3O3/c1-13-12-15(7-8-16(13)19(21)25)22-20(26)23(10-11-24)18-9-6-14-4-2-3-5-17(14)18/h2-5,7-8,12,18,24H,6,9-11H2,1H3,(H2,21,25)(H,22,26)/t18-/m0/s1. The number of aliphatic hydroxyl groups is 1. The van der Waals surface area contributed by atoms with Gasteiger partial charge in [0.25, 0.3) is 0 Å². The molecule has 1 atom stereocenters. The van der Waals surface area contributed by atoms with E-state index in [0.717, 1.165) is 18.4 Å². The molecule has 0 aliphatic heterocycles. The quantitative estimate of drug-likeness (QED) is 0.771. The average Bonchev–Trinajstić information content (AvgIpc) is 3.03. The Morgan fingerprint density at radius 3 is 2.73 bits per heavy atom. The van der Waals surface area contributed by atoms with Crippen molar-refractivity contribution in [2.75, 3.05) is 18.5 Å². The van der Waals surface area contributed by atoms with E-state index in [1.54, 1.807) is 30.0 Å². The number of amides is 3. The first kappa shape index (κ1) is 17.9. The zero-order valence-corrected chi connectivity index (χ0v) is 14.7. The van der Waals surface area contributed by atoms with E-state index in [-0.39, 0.29) is 25.2 Å². The van der Waals surface area contributed by atoms with Crippen molar-refractivity contribution in [3.63, 3.8) is 0 Å². The van der Waals surface area contributed by atoms with E-state index in [4.69, 9.17) is 5.73 Å². The van der Waals surface area contributed by atoms with Gasteiger partial charge in [0.1, 0.15) is 0 Å². The zero-order valence-electron chi connectivity index (χ0n) is 14.7. The van der Waals surface area contributed by atoms with Crippen molar-refractivity contribution < 1.29 is 14.7 Å². The van der Waals surface area contributed by atoms with Crippen LogP contribution in [-0.2, 0) is 6.42 Å². The molecular formula is C20H23N3O3. The second-order valence-electron chi connectivity index (χ2n) is 6.49. The molecule has 0 heterocycles. The van der Waals surface area contributed by atoms with Gasteiger partial charge < -0.3 is 21.1 Å². The van der Waals surface area contributed by atoms with Crippen molar-refractivity contribution >= 4 is 17.6 Å². The molecule has 3 rings (SSSR count). The topological polar surface area (TPSA) is 95.7 Å². The SMILES string of the molecule is Cc1cc(NC(=O)N(CCO)[C@H]2CCc3ccccc32)ccc1C(N)=O. The predicted molar refractivity (Wildman–Crippen MR) is 100 cm³/mol. The molecule has 0 fully saturated rings. The first-order chi connectivity index (χ1) is 12.5. The maximum absolute atomic E-state index is 12.8. The second kappa shape index (κ2) is 7.58. The van der Waals surface area contributed by atoms with Crippen LogP contribution in [0.15, 0.2) is 42.5 Å². The van der Waals surface area contributed by atoms with Gasteiger partial charge in [0, 0.05) is 17.8 Å². The number of carbonyl (C=O) groups is 2. The minimum atomic E-state index is -0.496. The van der Waals surface area contributed by atoms with Crippen molar-refractivity contribution in [1.82, 2.24) is 4.90 Å². The highest BCUT2D eigenvalue weighted by molar-refractivity contribution is 5.96. The number of carbonyl (C=O) groups excluding carboxylic acids is 2. The summed E-state index contributed by atoms with van der Waals surface area (Å²) >= 11 is 0. The van der Waals surface area contributed by atoms with Crippen LogP contribution in [0.2, 0.25) is 0 Å². The van der Waals surface area contributed by atoms with Crippen molar-refractivity contribution in [3.8, 4) is 0 Å². The third-order valence-electron chi connectivity index (χ3n) is 4.82. The van der Waals surface area contributed by atoms with E-state index in [1.165, 1.54) is 5.56 Å². The van der Waals surface area contributed by atoms with Gasteiger partial charge in [0.05, 0.1) is 12.6 Å². The maximum Gasteiger partial charge on any atom is 0.322 e. The zero-order chi connectivity index (χ0) is 18.7. The molecule has 3 amide bonds. The number of rotatable bonds is 5.